The molecule has 1 aliphatic rings. The summed E-state index contributed by atoms with van der Waals surface area (Å²) in [5.74, 6) is -0.908. The van der Waals surface area contributed by atoms with Crippen molar-refractivity contribution < 1.29 is 24.2 Å². The first-order chi connectivity index (χ1) is 15.4. The fourth-order valence-electron chi connectivity index (χ4n) is 4.43. The molecule has 7 nitrogen and oxygen atoms in total. The van der Waals surface area contributed by atoms with Crippen molar-refractivity contribution in [3.8, 4) is 5.75 Å². The van der Waals surface area contributed by atoms with Crippen molar-refractivity contribution in [1.29, 1.82) is 0 Å². The number of aromatic amines is 1. The molecule has 0 spiro atoms. The van der Waals surface area contributed by atoms with Crippen molar-refractivity contribution in [3.05, 3.63) is 70.4 Å². The number of rotatable bonds is 6. The van der Waals surface area contributed by atoms with Gasteiger partial charge in [-0.2, -0.15) is 0 Å². The zero-order valence-electron chi connectivity index (χ0n) is 18.6. The van der Waals surface area contributed by atoms with Gasteiger partial charge in [0.2, 0.25) is 0 Å². The van der Waals surface area contributed by atoms with Crippen LogP contribution in [0.25, 0.3) is 16.7 Å². The number of carbonyl (C=O) groups excluding carboxylic acids is 2. The van der Waals surface area contributed by atoms with Gasteiger partial charge in [0.05, 0.1) is 25.3 Å². The molecule has 2 heterocycles. The second-order valence-corrected chi connectivity index (χ2v) is 7.88. The number of ketones is 1. The van der Waals surface area contributed by atoms with E-state index in [1.54, 1.807) is 32.4 Å². The van der Waals surface area contributed by atoms with Crippen LogP contribution in [0, 0.1) is 13.8 Å². The van der Waals surface area contributed by atoms with Crippen LogP contribution in [-0.2, 0) is 14.3 Å². The SMILES string of the molecule is COCCN1C(=O)C(=O)/C(=C(/O)c2ccc(OC)cc2C)C1c1c(C)[nH]c2ccccc12. The van der Waals surface area contributed by atoms with E-state index in [1.165, 1.54) is 4.90 Å². The topological polar surface area (TPSA) is 91.9 Å². The molecule has 2 N–H and O–H groups in total. The number of aryl methyl sites for hydroxylation is 2. The molecule has 4 rings (SSSR count). The summed E-state index contributed by atoms with van der Waals surface area (Å²) in [6.07, 6.45) is 0. The van der Waals surface area contributed by atoms with E-state index in [9.17, 15) is 14.7 Å². The Morgan fingerprint density at radius 3 is 2.56 bits per heavy atom. The Morgan fingerprint density at radius 2 is 1.88 bits per heavy atom. The Kier molecular flexibility index (Phi) is 5.76. The number of benzene rings is 2. The maximum atomic E-state index is 13.2. The van der Waals surface area contributed by atoms with Gasteiger partial charge in [0, 0.05) is 41.4 Å². The highest BCUT2D eigenvalue weighted by Gasteiger charge is 2.47. The lowest BCUT2D eigenvalue weighted by molar-refractivity contribution is -0.140. The van der Waals surface area contributed by atoms with Crippen molar-refractivity contribution >= 4 is 28.4 Å². The highest BCUT2D eigenvalue weighted by molar-refractivity contribution is 6.46. The third-order valence-electron chi connectivity index (χ3n) is 5.98. The second-order valence-electron chi connectivity index (χ2n) is 7.88. The molecular weight excluding hydrogens is 408 g/mol. The molecule has 0 bridgehead atoms. The van der Waals surface area contributed by atoms with Crippen LogP contribution >= 0.6 is 0 Å². The molecule has 7 heteroatoms. The molecule has 3 aromatic rings. The highest BCUT2D eigenvalue weighted by Crippen LogP contribution is 2.43. The molecule has 1 amide bonds. The predicted molar refractivity (Wildman–Crippen MR) is 122 cm³/mol. The Morgan fingerprint density at radius 1 is 1.12 bits per heavy atom. The summed E-state index contributed by atoms with van der Waals surface area (Å²) in [4.78, 5) is 31.1. The van der Waals surface area contributed by atoms with Gasteiger partial charge >= 0.3 is 0 Å². The van der Waals surface area contributed by atoms with Gasteiger partial charge in [-0.1, -0.05) is 18.2 Å². The zero-order valence-corrected chi connectivity index (χ0v) is 18.6. The quantitative estimate of drug-likeness (QED) is 0.349. The number of ether oxygens (including phenoxy) is 2. The standard InChI is InChI=1S/C25H26N2O5/c1-14-13-16(32-4)9-10-17(14)23(28)21-22(27(11-12-31-3)25(30)24(21)29)20-15(2)26-19-8-6-5-7-18(19)20/h5-10,13,22,26,28H,11-12H2,1-4H3/b23-21+. The lowest BCUT2D eigenvalue weighted by Crippen LogP contribution is -2.32. The number of hydrogen-bond acceptors (Lipinski definition) is 5. The van der Waals surface area contributed by atoms with Gasteiger partial charge in [-0.25, -0.2) is 0 Å². The van der Waals surface area contributed by atoms with Crippen LogP contribution in [0.2, 0.25) is 0 Å². The molecule has 32 heavy (non-hydrogen) atoms. The second kappa shape index (κ2) is 8.51. The van der Waals surface area contributed by atoms with E-state index in [4.69, 9.17) is 9.47 Å². The van der Waals surface area contributed by atoms with Gasteiger partial charge in [0.15, 0.2) is 0 Å². The molecule has 0 saturated carbocycles. The van der Waals surface area contributed by atoms with E-state index in [1.807, 2.05) is 38.1 Å². The number of hydrogen-bond donors (Lipinski definition) is 2. The van der Waals surface area contributed by atoms with Gasteiger partial charge < -0.3 is 24.5 Å². The molecule has 1 aliphatic heterocycles. The summed E-state index contributed by atoms with van der Waals surface area (Å²) in [7, 11) is 3.11. The first-order valence-electron chi connectivity index (χ1n) is 10.4. The number of Topliss-reactive ketones (excluding diaryl/α,β-unsaturated/α-hetero) is 1. The average Bonchev–Trinajstić information content (AvgIpc) is 3.24. The average molecular weight is 434 g/mol. The first kappa shape index (κ1) is 21.6. The number of methoxy groups -OCH3 is 2. The van der Waals surface area contributed by atoms with Crippen LogP contribution in [0.1, 0.15) is 28.4 Å². The number of aliphatic hydroxyl groups is 1. The van der Waals surface area contributed by atoms with Crippen LogP contribution < -0.4 is 4.74 Å². The third-order valence-corrected chi connectivity index (χ3v) is 5.98. The zero-order chi connectivity index (χ0) is 23.0. The van der Waals surface area contributed by atoms with Crippen LogP contribution in [0.15, 0.2) is 48.0 Å². The number of fused-ring (bicyclic) bond motifs is 1. The van der Waals surface area contributed by atoms with Gasteiger partial charge in [-0.15, -0.1) is 0 Å². The maximum absolute atomic E-state index is 13.2. The maximum Gasteiger partial charge on any atom is 0.295 e. The Hall–Kier alpha value is -3.58. The fraction of sp³-hybridized carbons (Fsp3) is 0.280. The smallest absolute Gasteiger partial charge is 0.295 e. The molecular formula is C25H26N2O5. The molecule has 1 atom stereocenters. The summed E-state index contributed by atoms with van der Waals surface area (Å²) in [5.41, 5.74) is 3.82. The number of carbonyl (C=O) groups is 2. The number of nitrogens with zero attached hydrogens (tertiary/aromatic N) is 1. The van der Waals surface area contributed by atoms with Gasteiger partial charge in [0.1, 0.15) is 11.5 Å². The number of amides is 1. The lowest BCUT2D eigenvalue weighted by atomic mass is 9.92. The number of aliphatic hydroxyl groups excluding tert-OH is 1. The van der Waals surface area contributed by atoms with Gasteiger partial charge in [-0.05, 0) is 43.7 Å². The van der Waals surface area contributed by atoms with Crippen LogP contribution in [-0.4, -0.2) is 54.1 Å². The predicted octanol–water partition coefficient (Wildman–Crippen LogP) is 3.86. The molecule has 0 aliphatic carbocycles. The number of para-hydroxylation sites is 1. The molecule has 2 aromatic carbocycles. The summed E-state index contributed by atoms with van der Waals surface area (Å²) in [6, 6.07) is 12.2. The van der Waals surface area contributed by atoms with Crippen molar-refractivity contribution in [3.63, 3.8) is 0 Å². The number of H-pyrrole nitrogens is 1. The minimum absolute atomic E-state index is 0.0761. The fourth-order valence-corrected chi connectivity index (χ4v) is 4.43. The van der Waals surface area contributed by atoms with E-state index >= 15 is 0 Å². The van der Waals surface area contributed by atoms with Crippen molar-refractivity contribution in [1.82, 2.24) is 9.88 Å². The molecule has 0 radical (unpaired) electrons. The Labute approximate surface area is 186 Å². The number of nitrogens with one attached hydrogen (secondary N) is 1. The summed E-state index contributed by atoms with van der Waals surface area (Å²) in [5, 5.41) is 12.2. The van der Waals surface area contributed by atoms with Crippen molar-refractivity contribution in [2.24, 2.45) is 0 Å². The lowest BCUT2D eigenvalue weighted by Gasteiger charge is -2.25. The number of likely N-dealkylation sites (tertiary alicyclic amines) is 1. The first-order valence-corrected chi connectivity index (χ1v) is 10.4. The van der Waals surface area contributed by atoms with Gasteiger partial charge in [-0.3, -0.25) is 9.59 Å². The van der Waals surface area contributed by atoms with E-state index in [2.05, 4.69) is 4.98 Å². The largest absolute Gasteiger partial charge is 0.507 e. The van der Waals surface area contributed by atoms with Crippen molar-refractivity contribution in [2.45, 2.75) is 19.9 Å². The summed E-state index contributed by atoms with van der Waals surface area (Å²) >= 11 is 0. The number of aromatic nitrogens is 1. The highest BCUT2D eigenvalue weighted by atomic mass is 16.5. The third kappa shape index (κ3) is 3.44. The van der Waals surface area contributed by atoms with Crippen LogP contribution in [0.5, 0.6) is 5.75 Å². The summed E-state index contributed by atoms with van der Waals surface area (Å²) < 4.78 is 10.4. The molecule has 1 unspecified atom stereocenters. The summed E-state index contributed by atoms with van der Waals surface area (Å²) in [6.45, 7) is 4.23. The molecule has 1 saturated heterocycles. The van der Waals surface area contributed by atoms with E-state index in [0.717, 1.165) is 27.7 Å². The van der Waals surface area contributed by atoms with E-state index in [-0.39, 0.29) is 24.5 Å². The monoisotopic (exact) mass is 434 g/mol. The minimum Gasteiger partial charge on any atom is -0.507 e. The minimum atomic E-state index is -0.734. The van der Waals surface area contributed by atoms with Gasteiger partial charge in [0.25, 0.3) is 11.7 Å². The Balaban J connectivity index is 1.97. The van der Waals surface area contributed by atoms with E-state index in [0.29, 0.717) is 11.3 Å². The molecule has 1 aromatic heterocycles. The molecule has 1 fully saturated rings. The van der Waals surface area contributed by atoms with Crippen LogP contribution in [0.3, 0.4) is 0 Å². The normalized spacial score (nSPS) is 18.0. The van der Waals surface area contributed by atoms with E-state index < -0.39 is 17.7 Å². The van der Waals surface area contributed by atoms with Crippen LogP contribution in [0.4, 0.5) is 0 Å². The molecule has 166 valence electrons. The van der Waals surface area contributed by atoms with Crippen molar-refractivity contribution in [2.75, 3.05) is 27.4 Å². The Bertz CT molecular complexity index is 1240.